The molecule has 0 saturated carbocycles. The van der Waals surface area contributed by atoms with Gasteiger partial charge in [0.15, 0.2) is 5.96 Å². The molecule has 0 aliphatic carbocycles. The summed E-state index contributed by atoms with van der Waals surface area (Å²) in [5.74, 6) is 0.763. The minimum atomic E-state index is -4.30. The number of guanidine groups is 1. The maximum absolute atomic E-state index is 12.9. The van der Waals surface area contributed by atoms with Gasteiger partial charge in [0.2, 0.25) is 0 Å². The van der Waals surface area contributed by atoms with Crippen molar-refractivity contribution in [3.8, 4) is 0 Å². The van der Waals surface area contributed by atoms with Crippen LogP contribution < -0.4 is 15.5 Å². The first kappa shape index (κ1) is 26.8. The van der Waals surface area contributed by atoms with Crippen molar-refractivity contribution < 1.29 is 17.9 Å². The van der Waals surface area contributed by atoms with Crippen LogP contribution in [0.5, 0.6) is 0 Å². The molecule has 0 radical (unpaired) electrons. The third-order valence-electron chi connectivity index (χ3n) is 4.82. The highest BCUT2D eigenvalue weighted by molar-refractivity contribution is 14.0. The van der Waals surface area contributed by atoms with Crippen LogP contribution in [0, 0.1) is 0 Å². The molecule has 1 saturated heterocycles. The van der Waals surface area contributed by atoms with E-state index in [4.69, 9.17) is 4.74 Å². The van der Waals surface area contributed by atoms with Gasteiger partial charge in [-0.2, -0.15) is 13.2 Å². The second-order valence-corrected chi connectivity index (χ2v) is 6.85. The van der Waals surface area contributed by atoms with Gasteiger partial charge in [0, 0.05) is 58.6 Å². The average Bonchev–Trinajstić information content (AvgIpc) is 2.72. The molecule has 2 N–H and O–H groups in total. The van der Waals surface area contributed by atoms with Crippen LogP contribution >= 0.6 is 24.0 Å². The van der Waals surface area contributed by atoms with Crippen molar-refractivity contribution in [3.63, 3.8) is 0 Å². The Balaban J connectivity index is 0.00000450. The van der Waals surface area contributed by atoms with Gasteiger partial charge in [-0.3, -0.25) is 9.89 Å². The van der Waals surface area contributed by atoms with Gasteiger partial charge < -0.3 is 20.3 Å². The minimum absolute atomic E-state index is 0. The molecule has 30 heavy (non-hydrogen) atoms. The van der Waals surface area contributed by atoms with Gasteiger partial charge in [0.05, 0.1) is 12.2 Å². The zero-order valence-electron chi connectivity index (χ0n) is 17.7. The summed E-state index contributed by atoms with van der Waals surface area (Å²) in [6.07, 6.45) is -3.33. The number of nitrogens with zero attached hydrogens (tertiary/aromatic N) is 3. The lowest BCUT2D eigenvalue weighted by Gasteiger charge is -2.36. The second kappa shape index (κ2) is 13.9. The van der Waals surface area contributed by atoms with Crippen molar-refractivity contribution in [2.75, 3.05) is 71.0 Å². The normalized spacial score (nSPS) is 15.6. The van der Waals surface area contributed by atoms with Crippen molar-refractivity contribution >= 4 is 35.6 Å². The van der Waals surface area contributed by atoms with E-state index < -0.39 is 11.7 Å². The molecule has 172 valence electrons. The molecule has 0 unspecified atom stereocenters. The lowest BCUT2D eigenvalue weighted by atomic mass is 10.1. The molecular formula is C20H33F3IN5O. The SMILES string of the molecule is CCOCCNC(=NC)NCCCN1CCN(c2cccc(C(F)(F)F)c2)CC1.I. The Kier molecular flexibility index (Phi) is 12.4. The first-order valence-electron chi connectivity index (χ1n) is 10.1. The van der Waals surface area contributed by atoms with Gasteiger partial charge in [0.1, 0.15) is 0 Å². The highest BCUT2D eigenvalue weighted by atomic mass is 127. The highest BCUT2D eigenvalue weighted by Gasteiger charge is 2.31. The van der Waals surface area contributed by atoms with E-state index in [1.807, 2.05) is 11.8 Å². The third kappa shape index (κ3) is 9.25. The molecule has 1 aliphatic rings. The summed E-state index contributed by atoms with van der Waals surface area (Å²) < 4.78 is 44.0. The largest absolute Gasteiger partial charge is 0.416 e. The summed E-state index contributed by atoms with van der Waals surface area (Å²) in [6, 6.07) is 5.58. The van der Waals surface area contributed by atoms with Crippen LogP contribution in [0.1, 0.15) is 18.9 Å². The monoisotopic (exact) mass is 543 g/mol. The van der Waals surface area contributed by atoms with Crippen molar-refractivity contribution in [1.29, 1.82) is 0 Å². The Morgan fingerprint density at radius 3 is 2.47 bits per heavy atom. The number of ether oxygens (including phenoxy) is 1. The third-order valence-corrected chi connectivity index (χ3v) is 4.82. The first-order chi connectivity index (χ1) is 13.9. The van der Waals surface area contributed by atoms with Crippen LogP contribution in [0.4, 0.5) is 18.9 Å². The van der Waals surface area contributed by atoms with Gasteiger partial charge in [-0.1, -0.05) is 6.07 Å². The summed E-state index contributed by atoms with van der Waals surface area (Å²) in [5, 5.41) is 6.48. The van der Waals surface area contributed by atoms with Crippen LogP contribution in [-0.2, 0) is 10.9 Å². The summed E-state index contributed by atoms with van der Waals surface area (Å²) in [6.45, 7) is 8.93. The van der Waals surface area contributed by atoms with Crippen LogP contribution in [0.15, 0.2) is 29.3 Å². The average molecular weight is 543 g/mol. The lowest BCUT2D eigenvalue weighted by molar-refractivity contribution is -0.137. The molecule has 1 aromatic carbocycles. The van der Waals surface area contributed by atoms with E-state index in [9.17, 15) is 13.2 Å². The van der Waals surface area contributed by atoms with Gasteiger partial charge >= 0.3 is 6.18 Å². The number of alkyl halides is 3. The Labute approximate surface area is 194 Å². The maximum Gasteiger partial charge on any atom is 0.416 e. The van der Waals surface area contributed by atoms with E-state index in [1.54, 1.807) is 13.1 Å². The number of rotatable bonds is 9. The standard InChI is InChI=1S/C20H32F3N5O.HI/c1-3-29-15-9-26-19(24-2)25-8-5-10-27-11-13-28(14-12-27)18-7-4-6-17(16-18)20(21,22)23;/h4,6-7,16H,3,5,8-15H2,1-2H3,(H2,24,25,26);1H. The van der Waals surface area contributed by atoms with Gasteiger partial charge in [-0.05, 0) is 38.1 Å². The summed E-state index contributed by atoms with van der Waals surface area (Å²) in [7, 11) is 1.74. The number of halogens is 4. The van der Waals surface area contributed by atoms with E-state index in [0.717, 1.165) is 57.7 Å². The molecule has 0 amide bonds. The zero-order valence-corrected chi connectivity index (χ0v) is 20.0. The quantitative estimate of drug-likeness (QED) is 0.217. The number of nitrogens with one attached hydrogen (secondary N) is 2. The van der Waals surface area contributed by atoms with Crippen LogP contribution in [-0.4, -0.2) is 76.9 Å². The van der Waals surface area contributed by atoms with Crippen LogP contribution in [0.2, 0.25) is 0 Å². The fraction of sp³-hybridized carbons (Fsp3) is 0.650. The Hall–Kier alpha value is -1.27. The Morgan fingerprint density at radius 2 is 1.83 bits per heavy atom. The predicted octanol–water partition coefficient (Wildman–Crippen LogP) is 3.04. The molecule has 1 aliphatic heterocycles. The zero-order chi connectivity index (χ0) is 21.1. The van der Waals surface area contributed by atoms with E-state index >= 15 is 0 Å². The second-order valence-electron chi connectivity index (χ2n) is 6.85. The van der Waals surface area contributed by atoms with E-state index in [0.29, 0.717) is 25.4 Å². The lowest BCUT2D eigenvalue weighted by Crippen LogP contribution is -2.47. The maximum atomic E-state index is 12.9. The van der Waals surface area contributed by atoms with Crippen molar-refractivity contribution in [2.45, 2.75) is 19.5 Å². The van der Waals surface area contributed by atoms with Gasteiger partial charge in [-0.25, -0.2) is 0 Å². The predicted molar refractivity (Wildman–Crippen MR) is 126 cm³/mol. The molecule has 6 nitrogen and oxygen atoms in total. The molecular weight excluding hydrogens is 510 g/mol. The topological polar surface area (TPSA) is 52.1 Å². The summed E-state index contributed by atoms with van der Waals surface area (Å²) in [5.41, 5.74) is 0.0508. The smallest absolute Gasteiger partial charge is 0.380 e. The highest BCUT2D eigenvalue weighted by Crippen LogP contribution is 2.31. The Bertz CT molecular complexity index is 637. The number of benzene rings is 1. The van der Waals surface area contributed by atoms with E-state index in [1.165, 1.54) is 12.1 Å². The summed E-state index contributed by atoms with van der Waals surface area (Å²) in [4.78, 5) is 8.54. The molecule has 2 rings (SSSR count). The van der Waals surface area contributed by atoms with Crippen LogP contribution in [0.25, 0.3) is 0 Å². The first-order valence-corrected chi connectivity index (χ1v) is 10.1. The molecule has 0 spiro atoms. The number of hydrogen-bond acceptors (Lipinski definition) is 4. The number of aliphatic imine (C=N–C) groups is 1. The molecule has 1 heterocycles. The number of piperazine rings is 1. The van der Waals surface area contributed by atoms with Crippen molar-refractivity contribution in [3.05, 3.63) is 29.8 Å². The van der Waals surface area contributed by atoms with Gasteiger partial charge in [0.25, 0.3) is 0 Å². The summed E-state index contributed by atoms with van der Waals surface area (Å²) >= 11 is 0. The number of anilines is 1. The Morgan fingerprint density at radius 1 is 1.13 bits per heavy atom. The minimum Gasteiger partial charge on any atom is -0.380 e. The fourth-order valence-electron chi connectivity index (χ4n) is 3.22. The van der Waals surface area contributed by atoms with E-state index in [-0.39, 0.29) is 24.0 Å². The molecule has 10 heteroatoms. The molecule has 1 aromatic rings. The number of hydrogen-bond donors (Lipinski definition) is 2. The molecule has 0 bridgehead atoms. The van der Waals surface area contributed by atoms with Crippen molar-refractivity contribution in [2.24, 2.45) is 4.99 Å². The molecule has 1 fully saturated rings. The van der Waals surface area contributed by atoms with Crippen LogP contribution in [0.3, 0.4) is 0 Å². The van der Waals surface area contributed by atoms with Crippen molar-refractivity contribution in [1.82, 2.24) is 15.5 Å². The molecule has 0 atom stereocenters. The fourth-order valence-corrected chi connectivity index (χ4v) is 3.22. The van der Waals surface area contributed by atoms with Gasteiger partial charge in [-0.15, -0.1) is 24.0 Å². The van der Waals surface area contributed by atoms with E-state index in [2.05, 4.69) is 20.5 Å². The molecule has 0 aromatic heterocycles.